The van der Waals surface area contributed by atoms with Crippen LogP contribution >= 0.6 is 0 Å². The van der Waals surface area contributed by atoms with E-state index in [9.17, 15) is 9.59 Å². The maximum atomic E-state index is 11.7. The molecule has 0 N–H and O–H groups in total. The Balaban J connectivity index is 1.63. The van der Waals surface area contributed by atoms with E-state index in [1.807, 2.05) is 18.2 Å². The molecule has 0 atom stereocenters. The molecule has 2 aromatic rings. The van der Waals surface area contributed by atoms with Gasteiger partial charge >= 0.3 is 0 Å². The van der Waals surface area contributed by atoms with Crippen molar-refractivity contribution in [1.29, 1.82) is 0 Å². The molecule has 0 spiro atoms. The Bertz CT molecular complexity index is 863. The molecule has 0 aliphatic carbocycles. The number of methoxy groups -OCH3 is 1. The second-order valence-corrected chi connectivity index (χ2v) is 7.31. The van der Waals surface area contributed by atoms with Crippen LogP contribution in [0.15, 0.2) is 42.5 Å². The Morgan fingerprint density at radius 3 is 2.20 bits per heavy atom. The molecular formula is C24H30N2O4. The van der Waals surface area contributed by atoms with Crippen LogP contribution in [0.5, 0.6) is 11.5 Å². The second-order valence-electron chi connectivity index (χ2n) is 7.31. The highest BCUT2D eigenvalue weighted by Gasteiger charge is 2.28. The SMILES string of the molecule is CCc1ccc(N(CC)Cc2ccc(OCCN3C(=O)CCC3=O)c(OC)c2)cc1. The molecule has 0 aromatic heterocycles. The number of likely N-dealkylation sites (tertiary alicyclic amines) is 1. The topological polar surface area (TPSA) is 59.1 Å². The quantitative estimate of drug-likeness (QED) is 0.558. The predicted molar refractivity (Wildman–Crippen MR) is 117 cm³/mol. The normalized spacial score (nSPS) is 13.6. The molecule has 1 aliphatic heterocycles. The van der Waals surface area contributed by atoms with E-state index in [1.54, 1.807) is 7.11 Å². The fourth-order valence-corrected chi connectivity index (χ4v) is 3.60. The first-order valence-corrected chi connectivity index (χ1v) is 10.5. The van der Waals surface area contributed by atoms with Crippen molar-refractivity contribution in [3.8, 4) is 11.5 Å². The summed E-state index contributed by atoms with van der Waals surface area (Å²) in [6.45, 7) is 6.46. The number of hydrogen-bond donors (Lipinski definition) is 0. The van der Waals surface area contributed by atoms with Gasteiger partial charge in [-0.05, 0) is 48.7 Å². The molecule has 6 heteroatoms. The monoisotopic (exact) mass is 410 g/mol. The average molecular weight is 411 g/mol. The van der Waals surface area contributed by atoms with Gasteiger partial charge in [0.15, 0.2) is 11.5 Å². The molecule has 1 heterocycles. The van der Waals surface area contributed by atoms with Gasteiger partial charge in [-0.1, -0.05) is 25.1 Å². The van der Waals surface area contributed by atoms with Crippen LogP contribution in [0.3, 0.4) is 0 Å². The van der Waals surface area contributed by atoms with Crippen LogP contribution in [0.25, 0.3) is 0 Å². The van der Waals surface area contributed by atoms with Gasteiger partial charge < -0.3 is 14.4 Å². The summed E-state index contributed by atoms with van der Waals surface area (Å²) < 4.78 is 11.3. The Morgan fingerprint density at radius 2 is 1.60 bits per heavy atom. The zero-order chi connectivity index (χ0) is 21.5. The number of anilines is 1. The molecule has 1 saturated heterocycles. The molecule has 30 heavy (non-hydrogen) atoms. The van der Waals surface area contributed by atoms with Crippen molar-refractivity contribution in [1.82, 2.24) is 4.90 Å². The smallest absolute Gasteiger partial charge is 0.229 e. The van der Waals surface area contributed by atoms with Gasteiger partial charge in [0.05, 0.1) is 13.7 Å². The molecular weight excluding hydrogens is 380 g/mol. The lowest BCUT2D eigenvalue weighted by atomic mass is 10.1. The second kappa shape index (κ2) is 10.1. The molecule has 0 unspecified atom stereocenters. The van der Waals surface area contributed by atoms with Crippen LogP contribution in [0, 0.1) is 0 Å². The summed E-state index contributed by atoms with van der Waals surface area (Å²) in [5, 5.41) is 0. The molecule has 3 rings (SSSR count). The minimum Gasteiger partial charge on any atom is -0.493 e. The van der Waals surface area contributed by atoms with Crippen LogP contribution in [0.2, 0.25) is 0 Å². The van der Waals surface area contributed by atoms with Gasteiger partial charge in [0.25, 0.3) is 0 Å². The highest BCUT2D eigenvalue weighted by molar-refractivity contribution is 6.01. The summed E-state index contributed by atoms with van der Waals surface area (Å²) in [5.41, 5.74) is 3.63. The highest BCUT2D eigenvalue weighted by Crippen LogP contribution is 2.29. The average Bonchev–Trinajstić information content (AvgIpc) is 3.10. The lowest BCUT2D eigenvalue weighted by Crippen LogP contribution is -2.33. The number of carbonyl (C=O) groups excluding carboxylic acids is 2. The number of rotatable bonds is 10. The van der Waals surface area contributed by atoms with E-state index in [-0.39, 0.29) is 25.0 Å². The number of aryl methyl sites for hydroxylation is 1. The first kappa shape index (κ1) is 21.7. The first-order chi connectivity index (χ1) is 14.5. The van der Waals surface area contributed by atoms with E-state index < -0.39 is 0 Å². The van der Waals surface area contributed by atoms with Crippen molar-refractivity contribution in [3.05, 3.63) is 53.6 Å². The molecule has 1 fully saturated rings. The first-order valence-electron chi connectivity index (χ1n) is 10.5. The minimum absolute atomic E-state index is 0.127. The van der Waals surface area contributed by atoms with Crippen LogP contribution < -0.4 is 14.4 Å². The summed E-state index contributed by atoms with van der Waals surface area (Å²) in [6, 6.07) is 14.6. The fourth-order valence-electron chi connectivity index (χ4n) is 3.60. The van der Waals surface area contributed by atoms with E-state index in [1.165, 1.54) is 16.2 Å². The molecule has 2 aromatic carbocycles. The summed E-state index contributed by atoms with van der Waals surface area (Å²) in [7, 11) is 1.61. The van der Waals surface area contributed by atoms with Crippen LogP contribution in [0.1, 0.15) is 37.8 Å². The number of imide groups is 1. The van der Waals surface area contributed by atoms with Crippen LogP contribution in [-0.4, -0.2) is 43.5 Å². The standard InChI is InChI=1S/C24H30N2O4/c1-4-18-6-9-20(10-7-18)25(5-2)17-19-8-11-21(22(16-19)29-3)30-15-14-26-23(27)12-13-24(26)28/h6-11,16H,4-5,12-15,17H2,1-3H3. The highest BCUT2D eigenvalue weighted by atomic mass is 16.5. The van der Waals surface area contributed by atoms with Gasteiger partial charge in [-0.25, -0.2) is 0 Å². The largest absolute Gasteiger partial charge is 0.493 e. The third kappa shape index (κ3) is 5.12. The van der Waals surface area contributed by atoms with Crippen molar-refractivity contribution in [2.24, 2.45) is 0 Å². The number of benzene rings is 2. The molecule has 1 aliphatic rings. The van der Waals surface area contributed by atoms with Crippen molar-refractivity contribution < 1.29 is 19.1 Å². The molecule has 6 nitrogen and oxygen atoms in total. The number of amides is 2. The Morgan fingerprint density at radius 1 is 0.933 bits per heavy atom. The number of hydrogen-bond acceptors (Lipinski definition) is 5. The minimum atomic E-state index is -0.127. The summed E-state index contributed by atoms with van der Waals surface area (Å²) >= 11 is 0. The Kier molecular flexibility index (Phi) is 7.33. The molecule has 160 valence electrons. The van der Waals surface area contributed by atoms with Gasteiger partial charge in [0.2, 0.25) is 11.8 Å². The zero-order valence-corrected chi connectivity index (χ0v) is 18.0. The summed E-state index contributed by atoms with van der Waals surface area (Å²) in [6.07, 6.45) is 1.63. The van der Waals surface area contributed by atoms with Crippen molar-refractivity contribution in [3.63, 3.8) is 0 Å². The number of carbonyl (C=O) groups is 2. The van der Waals surface area contributed by atoms with E-state index in [4.69, 9.17) is 9.47 Å². The number of ether oxygens (including phenoxy) is 2. The summed E-state index contributed by atoms with van der Waals surface area (Å²) in [5.74, 6) is 0.995. The molecule has 0 saturated carbocycles. The Hall–Kier alpha value is -3.02. The molecule has 0 bridgehead atoms. The maximum absolute atomic E-state index is 11.7. The lowest BCUT2D eigenvalue weighted by Gasteiger charge is -2.24. The fraction of sp³-hybridized carbons (Fsp3) is 0.417. The maximum Gasteiger partial charge on any atom is 0.229 e. The lowest BCUT2D eigenvalue weighted by molar-refractivity contribution is -0.138. The van der Waals surface area contributed by atoms with Gasteiger partial charge in [-0.15, -0.1) is 0 Å². The van der Waals surface area contributed by atoms with Gasteiger partial charge in [0.1, 0.15) is 6.61 Å². The summed E-state index contributed by atoms with van der Waals surface area (Å²) in [4.78, 5) is 27.0. The molecule has 2 amide bonds. The van der Waals surface area contributed by atoms with Gasteiger partial charge in [0, 0.05) is 31.6 Å². The van der Waals surface area contributed by atoms with Crippen LogP contribution in [-0.2, 0) is 22.6 Å². The van der Waals surface area contributed by atoms with Crippen molar-refractivity contribution in [2.75, 3.05) is 31.7 Å². The third-order valence-electron chi connectivity index (χ3n) is 5.42. The van der Waals surface area contributed by atoms with E-state index in [0.29, 0.717) is 24.3 Å². The van der Waals surface area contributed by atoms with Gasteiger partial charge in [-0.2, -0.15) is 0 Å². The van der Waals surface area contributed by atoms with E-state index in [2.05, 4.69) is 43.0 Å². The van der Waals surface area contributed by atoms with Crippen molar-refractivity contribution >= 4 is 17.5 Å². The van der Waals surface area contributed by atoms with Crippen molar-refractivity contribution in [2.45, 2.75) is 39.7 Å². The van der Waals surface area contributed by atoms with E-state index in [0.717, 1.165) is 25.1 Å². The predicted octanol–water partition coefficient (Wildman–Crippen LogP) is 3.81. The van der Waals surface area contributed by atoms with Gasteiger partial charge in [-0.3, -0.25) is 14.5 Å². The number of nitrogens with zero attached hydrogens (tertiary/aromatic N) is 2. The van der Waals surface area contributed by atoms with Crippen LogP contribution in [0.4, 0.5) is 5.69 Å². The van der Waals surface area contributed by atoms with E-state index >= 15 is 0 Å². The molecule has 0 radical (unpaired) electrons. The zero-order valence-electron chi connectivity index (χ0n) is 18.0. The Labute approximate surface area is 178 Å². The third-order valence-corrected chi connectivity index (χ3v) is 5.42.